The van der Waals surface area contributed by atoms with Crippen molar-refractivity contribution in [3.8, 4) is 11.4 Å². The van der Waals surface area contributed by atoms with E-state index >= 15 is 0 Å². The van der Waals surface area contributed by atoms with Gasteiger partial charge in [-0.05, 0) is 31.9 Å². The van der Waals surface area contributed by atoms with Gasteiger partial charge in [0.2, 0.25) is 11.7 Å². The number of aromatic nitrogens is 3. The van der Waals surface area contributed by atoms with Crippen molar-refractivity contribution in [2.45, 2.75) is 38.5 Å². The summed E-state index contributed by atoms with van der Waals surface area (Å²) in [6.07, 6.45) is 4.45. The van der Waals surface area contributed by atoms with Crippen LogP contribution in [0.3, 0.4) is 0 Å². The number of nitrogens with two attached hydrogens (primary N) is 1. The van der Waals surface area contributed by atoms with Crippen LogP contribution in [0.2, 0.25) is 0 Å². The second-order valence-corrected chi connectivity index (χ2v) is 4.79. The number of pyridine rings is 1. The van der Waals surface area contributed by atoms with Crippen LogP contribution < -0.4 is 5.73 Å². The number of rotatable bonds is 5. The molecule has 1 fully saturated rings. The largest absolute Gasteiger partial charge is 0.372 e. The molecule has 2 N–H and O–H groups in total. The Hall–Kier alpha value is -1.79. The summed E-state index contributed by atoms with van der Waals surface area (Å²) in [4.78, 5) is 8.53. The van der Waals surface area contributed by atoms with Crippen LogP contribution in [0.15, 0.2) is 22.9 Å². The van der Waals surface area contributed by atoms with Gasteiger partial charge in [-0.15, -0.1) is 0 Å². The third kappa shape index (κ3) is 2.97. The predicted molar refractivity (Wildman–Crippen MR) is 67.9 cm³/mol. The molecule has 0 saturated heterocycles. The summed E-state index contributed by atoms with van der Waals surface area (Å²) < 4.78 is 10.7. The summed E-state index contributed by atoms with van der Waals surface area (Å²) in [5.74, 6) is 0.963. The average Bonchev–Trinajstić information content (AvgIpc) is 3.10. The summed E-state index contributed by atoms with van der Waals surface area (Å²) in [5, 5.41) is 3.92. The lowest BCUT2D eigenvalue weighted by molar-refractivity contribution is 0.103. The van der Waals surface area contributed by atoms with Gasteiger partial charge in [-0.3, -0.25) is 4.98 Å². The lowest BCUT2D eigenvalue weighted by Crippen LogP contribution is -2.04. The van der Waals surface area contributed by atoms with Crippen molar-refractivity contribution in [3.05, 3.63) is 29.9 Å². The minimum absolute atomic E-state index is 0.263. The van der Waals surface area contributed by atoms with Crippen LogP contribution >= 0.6 is 0 Å². The molecule has 100 valence electrons. The zero-order valence-corrected chi connectivity index (χ0v) is 10.7. The highest BCUT2D eigenvalue weighted by atomic mass is 16.5. The van der Waals surface area contributed by atoms with Crippen molar-refractivity contribution in [3.63, 3.8) is 0 Å². The summed E-state index contributed by atoms with van der Waals surface area (Å²) in [6.45, 7) is 2.33. The van der Waals surface area contributed by atoms with Gasteiger partial charge in [0.15, 0.2) is 0 Å². The Morgan fingerprint density at radius 1 is 1.53 bits per heavy atom. The van der Waals surface area contributed by atoms with Gasteiger partial charge in [-0.1, -0.05) is 5.16 Å². The fourth-order valence-electron chi connectivity index (χ4n) is 1.67. The molecule has 1 aliphatic rings. The van der Waals surface area contributed by atoms with Crippen molar-refractivity contribution in [1.29, 1.82) is 0 Å². The minimum atomic E-state index is -0.263. The van der Waals surface area contributed by atoms with Crippen molar-refractivity contribution in [2.75, 3.05) is 0 Å². The van der Waals surface area contributed by atoms with Gasteiger partial charge in [-0.25, -0.2) is 0 Å². The van der Waals surface area contributed by atoms with Gasteiger partial charge in [-0.2, -0.15) is 4.98 Å². The Bertz CT molecular complexity index is 563. The van der Waals surface area contributed by atoms with Gasteiger partial charge in [0, 0.05) is 11.8 Å². The van der Waals surface area contributed by atoms with E-state index in [4.69, 9.17) is 15.0 Å². The first-order chi connectivity index (χ1) is 9.22. The summed E-state index contributed by atoms with van der Waals surface area (Å²) in [6, 6.07) is 3.50. The van der Waals surface area contributed by atoms with Crippen LogP contribution in [-0.2, 0) is 11.3 Å². The van der Waals surface area contributed by atoms with E-state index in [0.717, 1.165) is 24.1 Å². The van der Waals surface area contributed by atoms with Crippen molar-refractivity contribution in [2.24, 2.45) is 5.73 Å². The van der Waals surface area contributed by atoms with Crippen molar-refractivity contribution >= 4 is 0 Å². The molecule has 3 rings (SSSR count). The maximum Gasteiger partial charge on any atom is 0.243 e. The number of hydrogen-bond donors (Lipinski definition) is 1. The predicted octanol–water partition coefficient (Wildman–Crippen LogP) is 1.83. The van der Waals surface area contributed by atoms with Crippen molar-refractivity contribution in [1.82, 2.24) is 15.1 Å². The SMILES string of the molecule is C[C@H](N)c1nc(-c2ccnc(COC3CC3)c2)no1. The molecule has 0 amide bonds. The molecular formula is C13H16N4O2. The van der Waals surface area contributed by atoms with Crippen LogP contribution in [0, 0.1) is 0 Å². The number of hydrogen-bond acceptors (Lipinski definition) is 6. The van der Waals surface area contributed by atoms with E-state index in [1.165, 1.54) is 0 Å². The fraction of sp³-hybridized carbons (Fsp3) is 0.462. The van der Waals surface area contributed by atoms with E-state index in [9.17, 15) is 0 Å². The van der Waals surface area contributed by atoms with Gasteiger partial charge in [0.1, 0.15) is 0 Å². The Morgan fingerprint density at radius 3 is 3.05 bits per heavy atom. The molecule has 1 atom stereocenters. The molecule has 6 heteroatoms. The first kappa shape index (κ1) is 12.3. The molecule has 0 aromatic carbocycles. The van der Waals surface area contributed by atoms with E-state index in [2.05, 4.69) is 15.1 Å². The zero-order valence-electron chi connectivity index (χ0n) is 10.7. The van der Waals surface area contributed by atoms with Gasteiger partial charge in [0.05, 0.1) is 24.4 Å². The van der Waals surface area contributed by atoms with Crippen LogP contribution in [0.25, 0.3) is 11.4 Å². The maximum absolute atomic E-state index is 5.69. The fourth-order valence-corrected chi connectivity index (χ4v) is 1.67. The standard InChI is InChI=1S/C13H16N4O2/c1-8(14)13-16-12(17-19-13)9-4-5-15-10(6-9)7-18-11-2-3-11/h4-6,8,11H,2-3,7,14H2,1H3/t8-/m0/s1. The lowest BCUT2D eigenvalue weighted by atomic mass is 10.2. The van der Waals surface area contributed by atoms with Crippen LogP contribution in [-0.4, -0.2) is 21.2 Å². The number of nitrogens with zero attached hydrogens (tertiary/aromatic N) is 3. The first-order valence-electron chi connectivity index (χ1n) is 6.38. The molecule has 0 bridgehead atoms. The van der Waals surface area contributed by atoms with E-state index in [1.807, 2.05) is 12.1 Å². The normalized spacial score (nSPS) is 16.5. The van der Waals surface area contributed by atoms with Crippen molar-refractivity contribution < 1.29 is 9.26 Å². The Kier molecular flexibility index (Phi) is 3.27. The molecule has 2 heterocycles. The highest BCUT2D eigenvalue weighted by molar-refractivity contribution is 5.53. The van der Waals surface area contributed by atoms with E-state index in [0.29, 0.717) is 24.4 Å². The van der Waals surface area contributed by atoms with E-state index in [1.54, 1.807) is 13.1 Å². The van der Waals surface area contributed by atoms with Gasteiger partial charge in [0.25, 0.3) is 0 Å². The van der Waals surface area contributed by atoms with E-state index in [-0.39, 0.29) is 6.04 Å². The second-order valence-electron chi connectivity index (χ2n) is 4.79. The van der Waals surface area contributed by atoms with Crippen LogP contribution in [0.1, 0.15) is 37.4 Å². The molecule has 0 radical (unpaired) electrons. The zero-order chi connectivity index (χ0) is 13.2. The van der Waals surface area contributed by atoms with Gasteiger partial charge < -0.3 is 15.0 Å². The highest BCUT2D eigenvalue weighted by Crippen LogP contribution is 2.25. The minimum Gasteiger partial charge on any atom is -0.372 e. The lowest BCUT2D eigenvalue weighted by Gasteiger charge is -2.02. The third-order valence-corrected chi connectivity index (χ3v) is 2.90. The summed E-state index contributed by atoms with van der Waals surface area (Å²) >= 11 is 0. The van der Waals surface area contributed by atoms with Gasteiger partial charge >= 0.3 is 0 Å². The highest BCUT2D eigenvalue weighted by Gasteiger charge is 2.22. The molecule has 1 aliphatic carbocycles. The van der Waals surface area contributed by atoms with Crippen LogP contribution in [0.5, 0.6) is 0 Å². The van der Waals surface area contributed by atoms with E-state index < -0.39 is 0 Å². The molecule has 2 aromatic rings. The topological polar surface area (TPSA) is 87.1 Å². The average molecular weight is 260 g/mol. The molecule has 1 saturated carbocycles. The molecule has 0 unspecified atom stereocenters. The summed E-state index contributed by atoms with van der Waals surface area (Å²) in [5.41, 5.74) is 7.43. The molecule has 19 heavy (non-hydrogen) atoms. The Morgan fingerprint density at radius 2 is 2.37 bits per heavy atom. The molecule has 2 aromatic heterocycles. The second kappa shape index (κ2) is 5.07. The molecular weight excluding hydrogens is 244 g/mol. The molecule has 0 spiro atoms. The first-order valence-corrected chi connectivity index (χ1v) is 6.38. The maximum atomic E-state index is 5.69. The quantitative estimate of drug-likeness (QED) is 0.882. The Balaban J connectivity index is 1.76. The molecule has 6 nitrogen and oxygen atoms in total. The smallest absolute Gasteiger partial charge is 0.243 e. The Labute approximate surface area is 111 Å². The van der Waals surface area contributed by atoms with Crippen LogP contribution in [0.4, 0.5) is 0 Å². The number of ether oxygens (including phenoxy) is 1. The third-order valence-electron chi connectivity index (χ3n) is 2.90. The monoisotopic (exact) mass is 260 g/mol. The molecule has 0 aliphatic heterocycles. The summed E-state index contributed by atoms with van der Waals surface area (Å²) in [7, 11) is 0.